The fraction of sp³-hybridized carbons (Fsp3) is 0.118. The third-order valence-electron chi connectivity index (χ3n) is 3.64. The Morgan fingerprint density at radius 1 is 1.00 bits per heavy atom. The number of benzene rings is 2. The molecule has 0 radical (unpaired) electrons. The van der Waals surface area contributed by atoms with Gasteiger partial charge in [0.25, 0.3) is 0 Å². The van der Waals surface area contributed by atoms with Gasteiger partial charge in [0.15, 0.2) is 11.4 Å². The summed E-state index contributed by atoms with van der Waals surface area (Å²) in [5.74, 6) is 0.936. The van der Waals surface area contributed by atoms with Crippen molar-refractivity contribution in [2.45, 2.75) is 6.18 Å². The molecule has 0 atom stereocenters. The van der Waals surface area contributed by atoms with Crippen molar-refractivity contribution in [1.82, 2.24) is 9.78 Å². The van der Waals surface area contributed by atoms with Gasteiger partial charge in [0.1, 0.15) is 18.0 Å². The van der Waals surface area contributed by atoms with Crippen LogP contribution >= 0.6 is 12.2 Å². The standard InChI is InChI=1S/C17H14F3N3O3S/c1-24-13-8-4-12(5-9-13)23-15(10-16(22-23)17(18,19)20)11-2-6-14(7-3-11)25-26-27-21/h2-10H,21H2,1H3. The number of alkyl halides is 3. The van der Waals surface area contributed by atoms with Crippen LogP contribution in [0.4, 0.5) is 13.2 Å². The molecule has 0 aliphatic heterocycles. The Morgan fingerprint density at radius 3 is 2.19 bits per heavy atom. The van der Waals surface area contributed by atoms with E-state index in [0.29, 0.717) is 35.0 Å². The highest BCUT2D eigenvalue weighted by Gasteiger charge is 2.35. The van der Waals surface area contributed by atoms with E-state index in [1.54, 1.807) is 48.5 Å². The van der Waals surface area contributed by atoms with Crippen molar-refractivity contribution in [3.63, 3.8) is 0 Å². The molecule has 0 saturated heterocycles. The van der Waals surface area contributed by atoms with Crippen molar-refractivity contribution in [2.24, 2.45) is 5.14 Å². The number of hydrogen-bond acceptors (Lipinski definition) is 6. The minimum absolute atomic E-state index is 0.271. The number of ether oxygens (including phenoxy) is 1. The maximum absolute atomic E-state index is 13.2. The Hall–Kier alpha value is -2.69. The zero-order valence-electron chi connectivity index (χ0n) is 13.9. The van der Waals surface area contributed by atoms with Gasteiger partial charge in [-0.25, -0.2) is 4.68 Å². The van der Waals surface area contributed by atoms with E-state index in [2.05, 4.69) is 9.43 Å². The van der Waals surface area contributed by atoms with Crippen LogP contribution in [-0.4, -0.2) is 16.9 Å². The molecule has 0 aliphatic carbocycles. The van der Waals surface area contributed by atoms with E-state index in [9.17, 15) is 13.2 Å². The van der Waals surface area contributed by atoms with Crippen molar-refractivity contribution in [1.29, 1.82) is 0 Å². The Morgan fingerprint density at radius 2 is 1.63 bits per heavy atom. The minimum Gasteiger partial charge on any atom is -0.497 e. The first-order valence-corrected chi connectivity index (χ1v) is 8.35. The second-order valence-corrected chi connectivity index (χ2v) is 5.62. The summed E-state index contributed by atoms with van der Waals surface area (Å²) < 4.78 is 50.4. The molecule has 0 unspecified atom stereocenters. The Kier molecular flexibility index (Phi) is 5.59. The molecule has 0 saturated carbocycles. The van der Waals surface area contributed by atoms with Crippen LogP contribution < -0.4 is 14.8 Å². The summed E-state index contributed by atoms with van der Waals surface area (Å²) in [5.41, 5.74) is 0.260. The number of nitrogens with two attached hydrogens (primary N) is 1. The van der Waals surface area contributed by atoms with Crippen LogP contribution in [0.15, 0.2) is 54.6 Å². The third-order valence-corrected chi connectivity index (χ3v) is 3.78. The van der Waals surface area contributed by atoms with E-state index in [1.807, 2.05) is 0 Å². The predicted octanol–water partition coefficient (Wildman–Crippen LogP) is 4.40. The van der Waals surface area contributed by atoms with Crippen LogP contribution in [0.3, 0.4) is 0 Å². The first kappa shape index (κ1) is 19.1. The van der Waals surface area contributed by atoms with E-state index in [-0.39, 0.29) is 5.69 Å². The van der Waals surface area contributed by atoms with Crippen molar-refractivity contribution >= 4 is 12.2 Å². The maximum atomic E-state index is 13.2. The van der Waals surface area contributed by atoms with Gasteiger partial charge in [-0.2, -0.15) is 18.3 Å². The molecule has 27 heavy (non-hydrogen) atoms. The molecule has 10 heteroatoms. The lowest BCUT2D eigenvalue weighted by atomic mass is 10.1. The highest BCUT2D eigenvalue weighted by Crippen LogP contribution is 2.34. The molecule has 3 aromatic rings. The van der Waals surface area contributed by atoms with Crippen molar-refractivity contribution in [3.05, 3.63) is 60.3 Å². The second-order valence-electron chi connectivity index (χ2n) is 5.29. The Bertz CT molecular complexity index is 897. The molecular formula is C17H14F3N3O3S. The summed E-state index contributed by atoms with van der Waals surface area (Å²) in [6.07, 6.45) is -4.57. The van der Waals surface area contributed by atoms with Gasteiger partial charge < -0.3 is 9.62 Å². The van der Waals surface area contributed by atoms with Crippen LogP contribution in [-0.2, 0) is 10.5 Å². The molecule has 1 aromatic heterocycles. The van der Waals surface area contributed by atoms with Gasteiger partial charge in [0.2, 0.25) is 0 Å². The van der Waals surface area contributed by atoms with Crippen LogP contribution in [0.1, 0.15) is 5.69 Å². The third kappa shape index (κ3) is 4.35. The summed E-state index contributed by atoms with van der Waals surface area (Å²) in [7, 11) is 1.51. The average Bonchev–Trinajstić information content (AvgIpc) is 3.13. The van der Waals surface area contributed by atoms with Crippen molar-refractivity contribution in [3.8, 4) is 28.4 Å². The predicted molar refractivity (Wildman–Crippen MR) is 94.0 cm³/mol. The molecule has 3 rings (SSSR count). The van der Waals surface area contributed by atoms with Crippen molar-refractivity contribution in [2.75, 3.05) is 7.11 Å². The normalized spacial score (nSPS) is 11.4. The summed E-state index contributed by atoms with van der Waals surface area (Å²) in [6, 6.07) is 13.8. The van der Waals surface area contributed by atoms with E-state index < -0.39 is 11.9 Å². The van der Waals surface area contributed by atoms with Crippen LogP contribution in [0.25, 0.3) is 16.9 Å². The average molecular weight is 397 g/mol. The molecule has 0 spiro atoms. The molecule has 6 nitrogen and oxygen atoms in total. The lowest BCUT2D eigenvalue weighted by Crippen LogP contribution is -2.07. The molecule has 2 N–H and O–H groups in total. The molecule has 0 bridgehead atoms. The number of halogens is 3. The van der Waals surface area contributed by atoms with E-state index in [4.69, 9.17) is 14.8 Å². The molecular weight excluding hydrogens is 383 g/mol. The highest BCUT2D eigenvalue weighted by atomic mass is 32.2. The van der Waals surface area contributed by atoms with Crippen LogP contribution in [0.2, 0.25) is 0 Å². The van der Waals surface area contributed by atoms with Gasteiger partial charge in [-0.3, -0.25) is 5.14 Å². The summed E-state index contributed by atoms with van der Waals surface area (Å²) in [4.78, 5) is 4.87. The van der Waals surface area contributed by atoms with E-state index >= 15 is 0 Å². The Labute approximate surface area is 156 Å². The number of aromatic nitrogens is 2. The number of methoxy groups -OCH3 is 1. The summed E-state index contributed by atoms with van der Waals surface area (Å²) in [6.45, 7) is 0. The first-order valence-electron chi connectivity index (χ1n) is 7.54. The lowest BCUT2D eigenvalue weighted by Gasteiger charge is -2.09. The number of nitrogens with zero attached hydrogens (tertiary/aromatic N) is 2. The molecule has 0 aliphatic rings. The largest absolute Gasteiger partial charge is 0.497 e. The fourth-order valence-electron chi connectivity index (χ4n) is 2.39. The molecule has 142 valence electrons. The van der Waals surface area contributed by atoms with Gasteiger partial charge in [-0.1, -0.05) is 4.33 Å². The SMILES string of the molecule is COc1ccc(-n2nc(C(F)(F)F)cc2-c2ccc(OOSN)cc2)cc1. The smallest absolute Gasteiger partial charge is 0.435 e. The fourth-order valence-corrected chi connectivity index (χ4v) is 2.50. The van der Waals surface area contributed by atoms with Crippen molar-refractivity contribution < 1.29 is 27.1 Å². The van der Waals surface area contributed by atoms with Gasteiger partial charge in [0, 0.05) is 5.56 Å². The molecule has 2 aromatic carbocycles. The number of rotatable bonds is 6. The molecule has 0 amide bonds. The molecule has 1 heterocycles. The van der Waals surface area contributed by atoms with E-state index in [0.717, 1.165) is 6.07 Å². The molecule has 0 fully saturated rings. The zero-order chi connectivity index (χ0) is 19.4. The highest BCUT2D eigenvalue weighted by molar-refractivity contribution is 7.92. The zero-order valence-corrected chi connectivity index (χ0v) is 14.8. The van der Waals surface area contributed by atoms with Gasteiger partial charge in [-0.05, 0) is 54.6 Å². The minimum atomic E-state index is -4.57. The lowest BCUT2D eigenvalue weighted by molar-refractivity contribution is -0.141. The first-order chi connectivity index (χ1) is 12.9. The number of hydrogen-bond donors (Lipinski definition) is 1. The van der Waals surface area contributed by atoms with E-state index in [1.165, 1.54) is 11.8 Å². The van der Waals surface area contributed by atoms with Crippen LogP contribution in [0.5, 0.6) is 11.5 Å². The van der Waals surface area contributed by atoms with Gasteiger partial charge in [-0.15, -0.1) is 0 Å². The summed E-state index contributed by atoms with van der Waals surface area (Å²) >= 11 is 0.534. The topological polar surface area (TPSA) is 71.5 Å². The summed E-state index contributed by atoms with van der Waals surface area (Å²) in [5, 5.41) is 8.82. The second kappa shape index (κ2) is 7.91. The Balaban J connectivity index is 2.03. The monoisotopic (exact) mass is 397 g/mol. The maximum Gasteiger partial charge on any atom is 0.435 e. The van der Waals surface area contributed by atoms with Gasteiger partial charge in [0.05, 0.1) is 18.5 Å². The van der Waals surface area contributed by atoms with Crippen LogP contribution in [0, 0.1) is 0 Å². The van der Waals surface area contributed by atoms with Gasteiger partial charge >= 0.3 is 6.18 Å². The quantitative estimate of drug-likeness (QED) is 0.288.